The van der Waals surface area contributed by atoms with Crippen molar-refractivity contribution >= 4 is 17.5 Å². The summed E-state index contributed by atoms with van der Waals surface area (Å²) in [6.07, 6.45) is 0.215. The molecule has 0 unspecified atom stereocenters. The first kappa shape index (κ1) is 13.0. The summed E-state index contributed by atoms with van der Waals surface area (Å²) in [5, 5.41) is 5.09. The van der Waals surface area contributed by atoms with E-state index >= 15 is 0 Å². The van der Waals surface area contributed by atoms with Crippen LogP contribution in [0.3, 0.4) is 0 Å². The summed E-state index contributed by atoms with van der Waals surface area (Å²) < 4.78 is 10.3. The largest absolute Gasteiger partial charge is 0.454 e. The molecule has 1 aromatic rings. The molecule has 0 fully saturated rings. The van der Waals surface area contributed by atoms with E-state index < -0.39 is 0 Å². The summed E-state index contributed by atoms with van der Waals surface area (Å²) in [4.78, 5) is 22.9. The van der Waals surface area contributed by atoms with Crippen molar-refractivity contribution in [3.8, 4) is 11.5 Å². The smallest absolute Gasteiger partial charge is 0.253 e. The maximum absolute atomic E-state index is 11.9. The van der Waals surface area contributed by atoms with Crippen LogP contribution < -0.4 is 25.8 Å². The highest BCUT2D eigenvalue weighted by Gasteiger charge is 2.19. The number of carbonyl (C=O) groups excluding carboxylic acids is 2. The van der Waals surface area contributed by atoms with Crippen molar-refractivity contribution in [3.63, 3.8) is 0 Å². The average molecular weight is 265 g/mol. The molecule has 0 bridgehead atoms. The Morgan fingerprint density at radius 2 is 2.00 bits per heavy atom. The second kappa shape index (κ2) is 5.47. The van der Waals surface area contributed by atoms with Crippen molar-refractivity contribution in [2.45, 2.75) is 6.42 Å². The Bertz CT molecular complexity index is 516. The van der Waals surface area contributed by atoms with Gasteiger partial charge in [-0.05, 0) is 6.07 Å². The van der Waals surface area contributed by atoms with Crippen LogP contribution in [0.1, 0.15) is 16.8 Å². The van der Waals surface area contributed by atoms with Gasteiger partial charge in [0.1, 0.15) is 0 Å². The van der Waals surface area contributed by atoms with Crippen molar-refractivity contribution in [2.24, 2.45) is 0 Å². The van der Waals surface area contributed by atoms with E-state index in [1.165, 1.54) is 6.07 Å². The third kappa shape index (κ3) is 2.87. The molecule has 1 heterocycles. The molecule has 1 aliphatic heterocycles. The van der Waals surface area contributed by atoms with Gasteiger partial charge in [-0.15, -0.1) is 0 Å². The molecule has 0 saturated carbocycles. The van der Waals surface area contributed by atoms with Crippen molar-refractivity contribution in [1.82, 2.24) is 10.6 Å². The van der Waals surface area contributed by atoms with E-state index in [1.807, 2.05) is 0 Å². The maximum Gasteiger partial charge on any atom is 0.253 e. The number of benzene rings is 1. The van der Waals surface area contributed by atoms with E-state index in [2.05, 4.69) is 10.6 Å². The zero-order valence-corrected chi connectivity index (χ0v) is 10.5. The van der Waals surface area contributed by atoms with Gasteiger partial charge in [-0.1, -0.05) is 0 Å². The summed E-state index contributed by atoms with van der Waals surface area (Å²) in [6, 6.07) is 3.09. The SMILES string of the molecule is CNC(=O)CCNC(=O)c1cc2c(cc1N)OCO2. The van der Waals surface area contributed by atoms with Crippen LogP contribution in [0.4, 0.5) is 5.69 Å². The lowest BCUT2D eigenvalue weighted by atomic mass is 10.1. The van der Waals surface area contributed by atoms with Gasteiger partial charge in [0.15, 0.2) is 11.5 Å². The monoisotopic (exact) mass is 265 g/mol. The number of anilines is 1. The second-order valence-corrected chi connectivity index (χ2v) is 3.97. The Morgan fingerprint density at radius 3 is 2.68 bits per heavy atom. The molecule has 0 atom stereocenters. The lowest BCUT2D eigenvalue weighted by Gasteiger charge is -2.08. The van der Waals surface area contributed by atoms with Crippen LogP contribution in [-0.4, -0.2) is 32.2 Å². The minimum absolute atomic E-state index is 0.122. The molecule has 0 radical (unpaired) electrons. The molecule has 7 heteroatoms. The second-order valence-electron chi connectivity index (χ2n) is 3.97. The highest BCUT2D eigenvalue weighted by Crippen LogP contribution is 2.35. The van der Waals surface area contributed by atoms with Crippen LogP contribution in [0.25, 0.3) is 0 Å². The molecule has 19 heavy (non-hydrogen) atoms. The van der Waals surface area contributed by atoms with Crippen LogP contribution in [0.2, 0.25) is 0 Å². The molecule has 0 aliphatic carbocycles. The van der Waals surface area contributed by atoms with Gasteiger partial charge in [0.05, 0.1) is 5.56 Å². The minimum Gasteiger partial charge on any atom is -0.454 e. The summed E-state index contributed by atoms with van der Waals surface area (Å²) in [7, 11) is 1.54. The number of hydrogen-bond donors (Lipinski definition) is 3. The standard InChI is InChI=1S/C12H15N3O4/c1-14-11(16)2-3-15-12(17)7-4-9-10(5-8(7)13)19-6-18-9/h4-5H,2-3,6,13H2,1H3,(H,14,16)(H,15,17). The first-order chi connectivity index (χ1) is 9.11. The summed E-state index contributed by atoms with van der Waals surface area (Å²) in [6.45, 7) is 0.364. The molecule has 0 aromatic heterocycles. The summed E-state index contributed by atoms with van der Waals surface area (Å²) in [5.74, 6) is 0.531. The van der Waals surface area contributed by atoms with Crippen LogP contribution in [0.5, 0.6) is 11.5 Å². The number of rotatable bonds is 4. The number of ether oxygens (including phenoxy) is 2. The fraction of sp³-hybridized carbons (Fsp3) is 0.333. The minimum atomic E-state index is -0.347. The molecule has 1 aromatic carbocycles. The Hall–Kier alpha value is -2.44. The van der Waals surface area contributed by atoms with Crippen LogP contribution >= 0.6 is 0 Å². The van der Waals surface area contributed by atoms with E-state index in [1.54, 1.807) is 13.1 Å². The lowest BCUT2D eigenvalue weighted by Crippen LogP contribution is -2.29. The van der Waals surface area contributed by atoms with Crippen molar-refractivity contribution in [1.29, 1.82) is 0 Å². The normalized spacial score (nSPS) is 12.1. The third-order valence-electron chi connectivity index (χ3n) is 2.71. The third-order valence-corrected chi connectivity index (χ3v) is 2.71. The van der Waals surface area contributed by atoms with Crippen molar-refractivity contribution in [3.05, 3.63) is 17.7 Å². The quantitative estimate of drug-likeness (QED) is 0.658. The van der Waals surface area contributed by atoms with Crippen molar-refractivity contribution in [2.75, 3.05) is 26.1 Å². The Morgan fingerprint density at radius 1 is 1.32 bits per heavy atom. The molecule has 102 valence electrons. The first-order valence-corrected chi connectivity index (χ1v) is 5.79. The highest BCUT2D eigenvalue weighted by molar-refractivity contribution is 6.00. The summed E-state index contributed by atoms with van der Waals surface area (Å²) in [5.41, 5.74) is 6.39. The molecule has 7 nitrogen and oxygen atoms in total. The fourth-order valence-corrected chi connectivity index (χ4v) is 1.66. The molecule has 0 spiro atoms. The molecule has 1 aliphatic rings. The van der Waals surface area contributed by atoms with Crippen molar-refractivity contribution < 1.29 is 19.1 Å². The van der Waals surface area contributed by atoms with Gasteiger partial charge in [0.25, 0.3) is 5.91 Å². The summed E-state index contributed by atoms with van der Waals surface area (Å²) >= 11 is 0. The lowest BCUT2D eigenvalue weighted by molar-refractivity contribution is -0.120. The van der Waals surface area contributed by atoms with Gasteiger partial charge in [-0.25, -0.2) is 0 Å². The van der Waals surface area contributed by atoms with Gasteiger partial charge < -0.3 is 25.8 Å². The van der Waals surface area contributed by atoms with E-state index in [0.29, 0.717) is 22.7 Å². The number of fused-ring (bicyclic) bond motifs is 1. The highest BCUT2D eigenvalue weighted by atomic mass is 16.7. The predicted molar refractivity (Wildman–Crippen MR) is 68.0 cm³/mol. The van der Waals surface area contributed by atoms with E-state index in [9.17, 15) is 9.59 Å². The fourth-order valence-electron chi connectivity index (χ4n) is 1.66. The van der Waals surface area contributed by atoms with Gasteiger partial charge in [0.2, 0.25) is 12.7 Å². The van der Waals surface area contributed by atoms with E-state index in [4.69, 9.17) is 15.2 Å². The topological polar surface area (TPSA) is 103 Å². The molecule has 0 saturated heterocycles. The number of nitrogen functional groups attached to an aromatic ring is 1. The predicted octanol–water partition coefficient (Wildman–Crippen LogP) is -0.137. The Kier molecular flexibility index (Phi) is 3.74. The van der Waals surface area contributed by atoms with E-state index in [0.717, 1.165) is 0 Å². The average Bonchev–Trinajstić information content (AvgIpc) is 2.84. The van der Waals surface area contributed by atoms with E-state index in [-0.39, 0.29) is 31.6 Å². The maximum atomic E-state index is 11.9. The number of hydrogen-bond acceptors (Lipinski definition) is 5. The Labute approximate surface area is 110 Å². The van der Waals surface area contributed by atoms with Gasteiger partial charge in [-0.3, -0.25) is 9.59 Å². The molecule has 2 rings (SSSR count). The number of carbonyl (C=O) groups is 2. The number of amides is 2. The zero-order valence-electron chi connectivity index (χ0n) is 10.5. The van der Waals surface area contributed by atoms with Crippen LogP contribution in [0.15, 0.2) is 12.1 Å². The molecular formula is C12H15N3O4. The van der Waals surface area contributed by atoms with Gasteiger partial charge in [0, 0.05) is 31.8 Å². The molecular weight excluding hydrogens is 250 g/mol. The van der Waals surface area contributed by atoms with Gasteiger partial charge >= 0.3 is 0 Å². The Balaban J connectivity index is 2.01. The number of nitrogens with one attached hydrogen (secondary N) is 2. The zero-order chi connectivity index (χ0) is 13.8. The van der Waals surface area contributed by atoms with Gasteiger partial charge in [-0.2, -0.15) is 0 Å². The molecule has 4 N–H and O–H groups in total. The first-order valence-electron chi connectivity index (χ1n) is 5.79. The van der Waals surface area contributed by atoms with Crippen LogP contribution in [0, 0.1) is 0 Å². The van der Waals surface area contributed by atoms with Crippen LogP contribution in [-0.2, 0) is 4.79 Å². The number of nitrogens with two attached hydrogens (primary N) is 1. The molecule has 2 amide bonds.